The molecule has 0 aromatic heterocycles. The monoisotopic (exact) mass is 310 g/mol. The first-order valence-corrected chi connectivity index (χ1v) is 7.06. The Morgan fingerprint density at radius 3 is 1.91 bits per heavy atom. The van der Waals surface area contributed by atoms with Crippen LogP contribution >= 0.6 is 0 Å². The minimum Gasteiger partial charge on any atom is -0.497 e. The van der Waals surface area contributed by atoms with Crippen LogP contribution in [0.15, 0.2) is 24.3 Å². The van der Waals surface area contributed by atoms with E-state index in [1.54, 1.807) is 59.1 Å². The van der Waals surface area contributed by atoms with Gasteiger partial charge in [-0.1, -0.05) is 27.7 Å². The first kappa shape index (κ1) is 17.8. The summed E-state index contributed by atoms with van der Waals surface area (Å²) in [5.74, 6) is 0.0275. The molecule has 1 aromatic carbocycles. The van der Waals surface area contributed by atoms with Crippen molar-refractivity contribution in [3.8, 4) is 11.5 Å². The molecule has 0 saturated carbocycles. The van der Waals surface area contributed by atoms with Crippen LogP contribution in [0.4, 0.5) is 4.79 Å². The average Bonchev–Trinajstić information content (AvgIpc) is 2.46. The minimum atomic E-state index is -0.986. The van der Waals surface area contributed by atoms with Gasteiger partial charge in [0.15, 0.2) is 0 Å². The normalized spacial score (nSPS) is 12.0. The van der Waals surface area contributed by atoms with Crippen LogP contribution in [0, 0.1) is 11.8 Å². The number of methoxy groups -OCH3 is 1. The van der Waals surface area contributed by atoms with Gasteiger partial charge >= 0.3 is 12.1 Å². The fourth-order valence-corrected chi connectivity index (χ4v) is 1.41. The Balaban J connectivity index is 2.60. The molecule has 0 aliphatic carbocycles. The molecular formula is C16H22O6. The van der Waals surface area contributed by atoms with Crippen LogP contribution in [0.25, 0.3) is 0 Å². The number of carbonyl (C=O) groups is 2. The second-order valence-electron chi connectivity index (χ2n) is 5.35. The van der Waals surface area contributed by atoms with Gasteiger partial charge in [-0.2, -0.15) is 0 Å². The zero-order valence-electron chi connectivity index (χ0n) is 13.5. The minimum absolute atomic E-state index is 0.189. The Bertz CT molecular complexity index is 492. The van der Waals surface area contributed by atoms with Gasteiger partial charge < -0.3 is 18.9 Å². The van der Waals surface area contributed by atoms with Gasteiger partial charge in [0.05, 0.1) is 13.0 Å². The first-order valence-electron chi connectivity index (χ1n) is 7.06. The second kappa shape index (κ2) is 8.26. The number of ether oxygens (including phenoxy) is 4. The molecule has 0 spiro atoms. The molecule has 0 unspecified atom stereocenters. The van der Waals surface area contributed by atoms with Gasteiger partial charge in [-0.25, -0.2) is 4.79 Å². The van der Waals surface area contributed by atoms with Crippen molar-refractivity contribution in [3.05, 3.63) is 24.3 Å². The van der Waals surface area contributed by atoms with E-state index in [1.165, 1.54) is 0 Å². The van der Waals surface area contributed by atoms with Crippen LogP contribution < -0.4 is 9.47 Å². The number of esters is 1. The predicted molar refractivity (Wildman–Crippen MR) is 79.7 cm³/mol. The summed E-state index contributed by atoms with van der Waals surface area (Å²) in [6, 6.07) is 6.46. The molecule has 0 heterocycles. The molecule has 0 amide bonds. The Morgan fingerprint density at radius 2 is 1.45 bits per heavy atom. The van der Waals surface area contributed by atoms with Gasteiger partial charge in [0.2, 0.25) is 0 Å². The van der Waals surface area contributed by atoms with Gasteiger partial charge in [0.25, 0.3) is 6.29 Å². The molecule has 0 fully saturated rings. The Kier molecular flexibility index (Phi) is 6.69. The maximum atomic E-state index is 11.8. The van der Waals surface area contributed by atoms with Crippen molar-refractivity contribution in [1.29, 1.82) is 0 Å². The number of hydrogen-bond acceptors (Lipinski definition) is 6. The predicted octanol–water partition coefficient (Wildman–Crippen LogP) is 3.39. The summed E-state index contributed by atoms with van der Waals surface area (Å²) in [5.41, 5.74) is 0. The third-order valence-electron chi connectivity index (χ3n) is 2.72. The lowest BCUT2D eigenvalue weighted by atomic mass is 10.2. The van der Waals surface area contributed by atoms with Crippen molar-refractivity contribution < 1.29 is 28.5 Å². The molecule has 0 radical (unpaired) electrons. The van der Waals surface area contributed by atoms with E-state index in [4.69, 9.17) is 18.9 Å². The SMILES string of the molecule is COc1ccc(OC(=O)O[C@H](OC(=O)C(C)C)C(C)C)cc1. The molecule has 1 rings (SSSR count). The average molecular weight is 310 g/mol. The highest BCUT2D eigenvalue weighted by Gasteiger charge is 2.25. The summed E-state index contributed by atoms with van der Waals surface area (Å²) in [4.78, 5) is 23.4. The molecule has 122 valence electrons. The van der Waals surface area contributed by atoms with Gasteiger partial charge in [-0.05, 0) is 24.3 Å². The van der Waals surface area contributed by atoms with Gasteiger partial charge in [-0.3, -0.25) is 4.79 Å². The van der Waals surface area contributed by atoms with E-state index < -0.39 is 18.4 Å². The summed E-state index contributed by atoms with van der Waals surface area (Å²) >= 11 is 0. The van der Waals surface area contributed by atoms with E-state index in [9.17, 15) is 9.59 Å². The van der Waals surface area contributed by atoms with Crippen molar-refractivity contribution in [1.82, 2.24) is 0 Å². The number of rotatable bonds is 6. The van der Waals surface area contributed by atoms with Gasteiger partial charge in [0, 0.05) is 5.92 Å². The lowest BCUT2D eigenvalue weighted by Gasteiger charge is -2.21. The molecule has 1 aromatic rings. The lowest BCUT2D eigenvalue weighted by molar-refractivity contribution is -0.180. The molecule has 0 aliphatic rings. The fraction of sp³-hybridized carbons (Fsp3) is 0.500. The molecular weight excluding hydrogens is 288 g/mol. The highest BCUT2D eigenvalue weighted by molar-refractivity contribution is 5.72. The first-order chi connectivity index (χ1) is 10.3. The lowest BCUT2D eigenvalue weighted by Crippen LogP contribution is -2.32. The maximum Gasteiger partial charge on any atom is 0.516 e. The van der Waals surface area contributed by atoms with Crippen molar-refractivity contribution in [2.75, 3.05) is 7.11 Å². The molecule has 0 saturated heterocycles. The maximum absolute atomic E-state index is 11.8. The Morgan fingerprint density at radius 1 is 0.909 bits per heavy atom. The Hall–Kier alpha value is -2.24. The summed E-state index contributed by atoms with van der Waals surface area (Å²) in [6.45, 7) is 6.96. The van der Waals surface area contributed by atoms with Crippen molar-refractivity contribution in [2.24, 2.45) is 11.8 Å². The van der Waals surface area contributed by atoms with Crippen LogP contribution in [-0.2, 0) is 14.3 Å². The van der Waals surface area contributed by atoms with Crippen LogP contribution in [0.3, 0.4) is 0 Å². The molecule has 0 N–H and O–H groups in total. The second-order valence-corrected chi connectivity index (χ2v) is 5.35. The summed E-state index contributed by atoms with van der Waals surface area (Å²) in [5, 5.41) is 0. The zero-order valence-corrected chi connectivity index (χ0v) is 13.5. The van der Waals surface area contributed by atoms with Crippen LogP contribution in [-0.4, -0.2) is 25.5 Å². The third-order valence-corrected chi connectivity index (χ3v) is 2.72. The van der Waals surface area contributed by atoms with E-state index in [2.05, 4.69) is 0 Å². The highest BCUT2D eigenvalue weighted by atomic mass is 16.8. The van der Waals surface area contributed by atoms with Crippen molar-refractivity contribution in [2.45, 2.75) is 34.0 Å². The molecule has 1 atom stereocenters. The van der Waals surface area contributed by atoms with Crippen LogP contribution in [0.5, 0.6) is 11.5 Å². The van der Waals surface area contributed by atoms with Crippen LogP contribution in [0.1, 0.15) is 27.7 Å². The number of carbonyl (C=O) groups excluding carboxylic acids is 2. The smallest absolute Gasteiger partial charge is 0.497 e. The van der Waals surface area contributed by atoms with E-state index in [0.717, 1.165) is 0 Å². The summed E-state index contributed by atoms with van der Waals surface area (Å²) < 4.78 is 20.2. The number of benzene rings is 1. The standard InChI is InChI=1S/C16H22O6/c1-10(2)14(17)21-15(11(3)4)22-16(18)20-13-8-6-12(19-5)7-9-13/h6-11,15H,1-5H3/t15-/m0/s1. The zero-order chi connectivity index (χ0) is 16.7. The summed E-state index contributed by atoms with van der Waals surface area (Å²) in [7, 11) is 1.54. The van der Waals surface area contributed by atoms with E-state index >= 15 is 0 Å². The van der Waals surface area contributed by atoms with Crippen LogP contribution in [0.2, 0.25) is 0 Å². The third kappa shape index (κ3) is 5.63. The molecule has 0 aliphatic heterocycles. The Labute approximate surface area is 130 Å². The van der Waals surface area contributed by atoms with E-state index in [1.807, 2.05) is 0 Å². The molecule has 6 heteroatoms. The fourth-order valence-electron chi connectivity index (χ4n) is 1.41. The summed E-state index contributed by atoms with van der Waals surface area (Å²) in [6.07, 6.45) is -1.92. The molecule has 6 nitrogen and oxygen atoms in total. The van der Waals surface area contributed by atoms with E-state index in [-0.39, 0.29) is 11.8 Å². The van der Waals surface area contributed by atoms with E-state index in [0.29, 0.717) is 11.5 Å². The van der Waals surface area contributed by atoms with Gasteiger partial charge in [0.1, 0.15) is 11.5 Å². The largest absolute Gasteiger partial charge is 0.516 e. The van der Waals surface area contributed by atoms with Crippen molar-refractivity contribution in [3.63, 3.8) is 0 Å². The quantitative estimate of drug-likeness (QED) is 0.455. The molecule has 22 heavy (non-hydrogen) atoms. The number of hydrogen-bond donors (Lipinski definition) is 0. The van der Waals surface area contributed by atoms with Crippen molar-refractivity contribution >= 4 is 12.1 Å². The topological polar surface area (TPSA) is 71.1 Å². The molecule has 0 bridgehead atoms. The highest BCUT2D eigenvalue weighted by Crippen LogP contribution is 2.18. The van der Waals surface area contributed by atoms with Gasteiger partial charge in [-0.15, -0.1) is 0 Å².